The molecule has 0 saturated heterocycles. The van der Waals surface area contributed by atoms with Crippen LogP contribution in [0.3, 0.4) is 0 Å². The van der Waals surface area contributed by atoms with E-state index in [2.05, 4.69) is 15.6 Å². The number of hydrogen-bond acceptors (Lipinski definition) is 4. The Morgan fingerprint density at radius 3 is 2.29 bits per heavy atom. The normalized spacial score (nSPS) is 10.2. The highest BCUT2D eigenvalue weighted by Gasteiger charge is 2.15. The van der Waals surface area contributed by atoms with Crippen LogP contribution in [-0.4, -0.2) is 23.9 Å². The fourth-order valence-electron chi connectivity index (χ4n) is 2.57. The first-order valence-electron chi connectivity index (χ1n) is 8.46. The van der Waals surface area contributed by atoms with Crippen molar-refractivity contribution in [1.82, 2.24) is 4.98 Å². The number of aromatic nitrogens is 1. The van der Waals surface area contributed by atoms with Crippen molar-refractivity contribution in [2.24, 2.45) is 0 Å². The Hall–Kier alpha value is -3.38. The van der Waals surface area contributed by atoms with E-state index >= 15 is 0 Å². The van der Waals surface area contributed by atoms with Gasteiger partial charge in [0, 0.05) is 10.7 Å². The molecule has 0 aliphatic rings. The first-order valence-corrected chi connectivity index (χ1v) is 8.84. The van der Waals surface area contributed by atoms with Crippen molar-refractivity contribution in [2.45, 2.75) is 6.92 Å². The van der Waals surface area contributed by atoms with Gasteiger partial charge in [0.2, 0.25) is 0 Å². The number of pyridine rings is 1. The fourth-order valence-corrected chi connectivity index (χ4v) is 2.74. The van der Waals surface area contributed by atoms with Crippen LogP contribution in [0.25, 0.3) is 0 Å². The molecule has 6 nitrogen and oxygen atoms in total. The number of ether oxygens (including phenoxy) is 1. The number of methoxy groups -OCH3 is 1. The molecule has 0 unspecified atom stereocenters. The average molecular weight is 396 g/mol. The molecule has 0 spiro atoms. The zero-order valence-electron chi connectivity index (χ0n) is 15.3. The third kappa shape index (κ3) is 4.66. The fraction of sp³-hybridized carbons (Fsp3) is 0.0952. The first-order chi connectivity index (χ1) is 13.5. The van der Waals surface area contributed by atoms with Gasteiger partial charge in [-0.3, -0.25) is 9.59 Å². The molecule has 0 fully saturated rings. The van der Waals surface area contributed by atoms with E-state index in [0.717, 1.165) is 5.56 Å². The summed E-state index contributed by atoms with van der Waals surface area (Å²) in [5.41, 5.74) is 2.32. The van der Waals surface area contributed by atoms with Gasteiger partial charge in [0.1, 0.15) is 17.1 Å². The molecule has 0 atom stereocenters. The molecule has 142 valence electrons. The summed E-state index contributed by atoms with van der Waals surface area (Å²) in [6.45, 7) is 1.93. The zero-order valence-corrected chi connectivity index (χ0v) is 16.1. The van der Waals surface area contributed by atoms with Gasteiger partial charge in [-0.2, -0.15) is 0 Å². The number of rotatable bonds is 5. The summed E-state index contributed by atoms with van der Waals surface area (Å²) >= 11 is 5.98. The lowest BCUT2D eigenvalue weighted by Gasteiger charge is -2.11. The quantitative estimate of drug-likeness (QED) is 0.663. The second kappa shape index (κ2) is 8.54. The molecule has 0 radical (unpaired) electrons. The molecule has 0 aliphatic carbocycles. The number of nitrogens with zero attached hydrogens (tertiary/aromatic N) is 1. The lowest BCUT2D eigenvalue weighted by Crippen LogP contribution is -2.18. The van der Waals surface area contributed by atoms with E-state index < -0.39 is 11.8 Å². The number of aryl methyl sites for hydroxylation is 1. The number of anilines is 2. The highest BCUT2D eigenvalue weighted by atomic mass is 35.5. The van der Waals surface area contributed by atoms with Crippen molar-refractivity contribution in [3.05, 3.63) is 82.6 Å². The summed E-state index contributed by atoms with van der Waals surface area (Å²) in [5, 5.41) is 5.92. The van der Waals surface area contributed by atoms with Gasteiger partial charge in [0.05, 0.1) is 12.8 Å². The molecule has 1 heterocycles. The summed E-state index contributed by atoms with van der Waals surface area (Å²) in [7, 11) is 1.49. The van der Waals surface area contributed by atoms with Gasteiger partial charge >= 0.3 is 0 Å². The van der Waals surface area contributed by atoms with Gasteiger partial charge in [-0.25, -0.2) is 4.98 Å². The summed E-state index contributed by atoms with van der Waals surface area (Å²) in [6.07, 6.45) is 0. The van der Waals surface area contributed by atoms with E-state index in [4.69, 9.17) is 16.3 Å². The number of carbonyl (C=O) groups is 2. The minimum Gasteiger partial charge on any atom is -0.495 e. The number of benzene rings is 2. The smallest absolute Gasteiger partial charge is 0.274 e. The van der Waals surface area contributed by atoms with Crippen LogP contribution in [0.5, 0.6) is 5.75 Å². The van der Waals surface area contributed by atoms with Crippen molar-refractivity contribution < 1.29 is 14.3 Å². The van der Waals surface area contributed by atoms with Crippen molar-refractivity contribution >= 4 is 34.8 Å². The van der Waals surface area contributed by atoms with E-state index in [9.17, 15) is 9.59 Å². The van der Waals surface area contributed by atoms with Crippen molar-refractivity contribution in [3.8, 4) is 5.75 Å². The van der Waals surface area contributed by atoms with Gasteiger partial charge in [-0.05, 0) is 55.0 Å². The van der Waals surface area contributed by atoms with Crippen LogP contribution in [0, 0.1) is 6.92 Å². The summed E-state index contributed by atoms with van der Waals surface area (Å²) in [4.78, 5) is 29.2. The molecule has 3 rings (SSSR count). The summed E-state index contributed by atoms with van der Waals surface area (Å²) < 4.78 is 5.22. The molecule has 28 heavy (non-hydrogen) atoms. The lowest BCUT2D eigenvalue weighted by molar-refractivity contribution is 0.101. The molecular weight excluding hydrogens is 378 g/mol. The van der Waals surface area contributed by atoms with Gasteiger partial charge in [-0.1, -0.05) is 29.8 Å². The maximum absolute atomic E-state index is 12.6. The number of hydrogen-bond donors (Lipinski definition) is 2. The summed E-state index contributed by atoms with van der Waals surface area (Å²) in [5.74, 6) is -0.419. The Labute approximate surface area is 167 Å². The monoisotopic (exact) mass is 395 g/mol. The highest BCUT2D eigenvalue weighted by molar-refractivity contribution is 6.31. The van der Waals surface area contributed by atoms with Crippen LogP contribution in [0.4, 0.5) is 11.4 Å². The molecular formula is C21H18ClN3O3. The molecule has 2 aromatic carbocycles. The number of carbonyl (C=O) groups excluding carboxylic acids is 2. The molecule has 1 aromatic heterocycles. The standard InChI is InChI=1S/C21H18ClN3O3/c1-13-5-3-6-15(11-13)23-20(26)16-7-4-8-17(24-16)21(27)25-18-12-14(22)9-10-19(18)28-2/h3-12H,1-2H3,(H,23,26)(H,25,27). The number of nitrogens with one attached hydrogen (secondary N) is 2. The molecule has 2 N–H and O–H groups in total. The topological polar surface area (TPSA) is 80.3 Å². The maximum atomic E-state index is 12.6. The second-order valence-corrected chi connectivity index (χ2v) is 6.47. The minimum absolute atomic E-state index is 0.0962. The first kappa shape index (κ1) is 19.4. The Morgan fingerprint density at radius 2 is 1.61 bits per heavy atom. The van der Waals surface area contributed by atoms with Crippen LogP contribution < -0.4 is 15.4 Å². The van der Waals surface area contributed by atoms with Gasteiger partial charge < -0.3 is 15.4 Å². The van der Waals surface area contributed by atoms with Gasteiger partial charge in [-0.15, -0.1) is 0 Å². The minimum atomic E-state index is -0.481. The van der Waals surface area contributed by atoms with Crippen LogP contribution in [0.15, 0.2) is 60.7 Å². The van der Waals surface area contributed by atoms with Gasteiger partial charge in [0.25, 0.3) is 11.8 Å². The number of halogens is 1. The third-order valence-corrected chi connectivity index (χ3v) is 4.14. The van der Waals surface area contributed by atoms with Crippen LogP contribution in [0.2, 0.25) is 5.02 Å². The zero-order chi connectivity index (χ0) is 20.1. The maximum Gasteiger partial charge on any atom is 0.274 e. The largest absolute Gasteiger partial charge is 0.495 e. The number of amides is 2. The van der Waals surface area contributed by atoms with Crippen LogP contribution >= 0.6 is 11.6 Å². The SMILES string of the molecule is COc1ccc(Cl)cc1NC(=O)c1cccc(C(=O)Nc2cccc(C)c2)n1. The van der Waals surface area contributed by atoms with Crippen LogP contribution in [0.1, 0.15) is 26.5 Å². The molecule has 7 heteroatoms. The predicted octanol–water partition coefficient (Wildman–Crippen LogP) is 4.56. The van der Waals surface area contributed by atoms with E-state index in [1.54, 1.807) is 36.4 Å². The van der Waals surface area contributed by atoms with Crippen LogP contribution in [-0.2, 0) is 0 Å². The third-order valence-electron chi connectivity index (χ3n) is 3.90. The Balaban J connectivity index is 1.78. The van der Waals surface area contributed by atoms with E-state index in [1.165, 1.54) is 13.2 Å². The van der Waals surface area contributed by atoms with E-state index in [-0.39, 0.29) is 11.4 Å². The Bertz CT molecular complexity index is 1040. The van der Waals surface area contributed by atoms with Crippen molar-refractivity contribution in [3.63, 3.8) is 0 Å². The van der Waals surface area contributed by atoms with Crippen molar-refractivity contribution in [2.75, 3.05) is 17.7 Å². The second-order valence-electron chi connectivity index (χ2n) is 6.03. The lowest BCUT2D eigenvalue weighted by atomic mass is 10.2. The Morgan fingerprint density at radius 1 is 0.929 bits per heavy atom. The molecule has 2 amide bonds. The molecule has 0 saturated carbocycles. The van der Waals surface area contributed by atoms with E-state index in [0.29, 0.717) is 22.1 Å². The highest BCUT2D eigenvalue weighted by Crippen LogP contribution is 2.28. The predicted molar refractivity (Wildman–Crippen MR) is 109 cm³/mol. The van der Waals surface area contributed by atoms with Crippen molar-refractivity contribution in [1.29, 1.82) is 0 Å². The van der Waals surface area contributed by atoms with E-state index in [1.807, 2.05) is 25.1 Å². The molecule has 3 aromatic rings. The Kier molecular flexibility index (Phi) is 5.91. The average Bonchev–Trinajstić information content (AvgIpc) is 2.68. The molecule has 0 aliphatic heterocycles. The molecule has 0 bridgehead atoms. The van der Waals surface area contributed by atoms with Gasteiger partial charge in [0.15, 0.2) is 0 Å². The summed E-state index contributed by atoms with van der Waals surface area (Å²) in [6, 6.07) is 17.0.